The average Bonchev–Trinajstić information content (AvgIpc) is 2.29. The molecule has 106 valence electrons. The predicted molar refractivity (Wildman–Crippen MR) is 64.3 cm³/mol. The zero-order chi connectivity index (χ0) is 13.2. The van der Waals surface area contributed by atoms with Gasteiger partial charge in [-0.25, -0.2) is 0 Å². The van der Waals surface area contributed by atoms with Crippen LogP contribution in [0.15, 0.2) is 0 Å². The minimum absolute atomic E-state index is 0.327. The number of nitrogens with zero attached hydrogens (tertiary/aromatic N) is 2. The normalized spacial score (nSPS) is 32.7. The third kappa shape index (κ3) is 4.10. The van der Waals surface area contributed by atoms with E-state index < -0.39 is 12.7 Å². The summed E-state index contributed by atoms with van der Waals surface area (Å²) in [4.78, 5) is 3.85. The van der Waals surface area contributed by atoms with Gasteiger partial charge in [-0.2, -0.15) is 13.2 Å². The summed E-state index contributed by atoms with van der Waals surface area (Å²) in [6.07, 6.45) is 0.224. The quantitative estimate of drug-likeness (QED) is 0.820. The highest BCUT2D eigenvalue weighted by Crippen LogP contribution is 2.24. The lowest BCUT2D eigenvalue weighted by Gasteiger charge is -2.41. The lowest BCUT2D eigenvalue weighted by molar-refractivity contribution is -0.150. The number of alkyl halides is 3. The Morgan fingerprint density at radius 3 is 2.00 bits per heavy atom. The van der Waals surface area contributed by atoms with Crippen LogP contribution < -0.4 is 5.73 Å². The van der Waals surface area contributed by atoms with Gasteiger partial charge >= 0.3 is 6.18 Å². The number of hydrogen-bond donors (Lipinski definition) is 1. The van der Waals surface area contributed by atoms with Crippen LogP contribution >= 0.6 is 0 Å². The van der Waals surface area contributed by atoms with E-state index in [9.17, 15) is 13.2 Å². The van der Waals surface area contributed by atoms with Crippen LogP contribution in [-0.2, 0) is 0 Å². The van der Waals surface area contributed by atoms with Crippen LogP contribution in [-0.4, -0.2) is 60.8 Å². The van der Waals surface area contributed by atoms with Crippen molar-refractivity contribution in [3.8, 4) is 0 Å². The minimum Gasteiger partial charge on any atom is -0.328 e. The first-order valence-electron chi connectivity index (χ1n) is 6.73. The molecule has 0 bridgehead atoms. The molecule has 6 heteroatoms. The van der Waals surface area contributed by atoms with Crippen molar-refractivity contribution >= 4 is 0 Å². The van der Waals surface area contributed by atoms with E-state index in [1.165, 1.54) is 4.90 Å². The Bertz CT molecular complexity index is 254. The number of halogens is 3. The lowest BCUT2D eigenvalue weighted by Crippen LogP contribution is -2.53. The summed E-state index contributed by atoms with van der Waals surface area (Å²) in [5.41, 5.74) is 5.87. The van der Waals surface area contributed by atoms with Crippen LogP contribution in [0.5, 0.6) is 0 Å². The largest absolute Gasteiger partial charge is 0.401 e. The molecule has 3 nitrogen and oxygen atoms in total. The Morgan fingerprint density at radius 1 is 0.944 bits per heavy atom. The van der Waals surface area contributed by atoms with Gasteiger partial charge in [0, 0.05) is 38.3 Å². The second-order valence-corrected chi connectivity index (χ2v) is 5.50. The van der Waals surface area contributed by atoms with Crippen LogP contribution in [0.4, 0.5) is 13.2 Å². The molecule has 18 heavy (non-hydrogen) atoms. The molecular weight excluding hydrogens is 243 g/mol. The Balaban J connectivity index is 1.73. The third-order valence-electron chi connectivity index (χ3n) is 4.07. The fourth-order valence-corrected chi connectivity index (χ4v) is 3.01. The summed E-state index contributed by atoms with van der Waals surface area (Å²) >= 11 is 0. The SMILES string of the molecule is NC1CCC(N2CCN(CC(F)(F)F)CC2)CC1. The van der Waals surface area contributed by atoms with Gasteiger partial charge in [0.05, 0.1) is 6.54 Å². The van der Waals surface area contributed by atoms with Crippen LogP contribution in [0, 0.1) is 0 Å². The van der Waals surface area contributed by atoms with Gasteiger partial charge in [0.25, 0.3) is 0 Å². The monoisotopic (exact) mass is 265 g/mol. The second kappa shape index (κ2) is 5.75. The van der Waals surface area contributed by atoms with E-state index in [0.717, 1.165) is 38.8 Å². The van der Waals surface area contributed by atoms with Crippen molar-refractivity contribution in [1.29, 1.82) is 0 Å². The molecular formula is C12H22F3N3. The molecule has 1 heterocycles. The van der Waals surface area contributed by atoms with Gasteiger partial charge in [0.2, 0.25) is 0 Å². The average molecular weight is 265 g/mol. The second-order valence-electron chi connectivity index (χ2n) is 5.50. The van der Waals surface area contributed by atoms with Crippen LogP contribution in [0.1, 0.15) is 25.7 Å². The summed E-state index contributed by atoms with van der Waals surface area (Å²) in [6.45, 7) is 1.81. The van der Waals surface area contributed by atoms with Crippen molar-refractivity contribution < 1.29 is 13.2 Å². The van der Waals surface area contributed by atoms with E-state index in [4.69, 9.17) is 5.73 Å². The van der Waals surface area contributed by atoms with E-state index in [1.54, 1.807) is 0 Å². The third-order valence-corrected chi connectivity index (χ3v) is 4.07. The van der Waals surface area contributed by atoms with Crippen LogP contribution in [0.3, 0.4) is 0 Å². The van der Waals surface area contributed by atoms with Gasteiger partial charge < -0.3 is 5.73 Å². The Kier molecular flexibility index (Phi) is 4.50. The molecule has 2 N–H and O–H groups in total. The van der Waals surface area contributed by atoms with Crippen molar-refractivity contribution in [2.45, 2.75) is 43.9 Å². The number of hydrogen-bond acceptors (Lipinski definition) is 3. The molecule has 0 amide bonds. The molecule has 0 unspecified atom stereocenters. The molecule has 0 spiro atoms. The van der Waals surface area contributed by atoms with Crippen LogP contribution in [0.25, 0.3) is 0 Å². The molecule has 2 rings (SSSR count). The van der Waals surface area contributed by atoms with Gasteiger partial charge in [0.1, 0.15) is 0 Å². The smallest absolute Gasteiger partial charge is 0.328 e. The van der Waals surface area contributed by atoms with E-state index in [1.807, 2.05) is 0 Å². The van der Waals surface area contributed by atoms with Crippen molar-refractivity contribution in [3.05, 3.63) is 0 Å². The summed E-state index contributed by atoms with van der Waals surface area (Å²) in [7, 11) is 0. The van der Waals surface area contributed by atoms with Crippen molar-refractivity contribution in [1.82, 2.24) is 9.80 Å². The Morgan fingerprint density at radius 2 is 1.50 bits per heavy atom. The molecule has 0 radical (unpaired) electrons. The zero-order valence-electron chi connectivity index (χ0n) is 10.6. The first-order chi connectivity index (χ1) is 8.44. The number of rotatable bonds is 2. The molecule has 0 aromatic heterocycles. The minimum atomic E-state index is -4.07. The maximum absolute atomic E-state index is 12.3. The molecule has 2 aliphatic rings. The maximum atomic E-state index is 12.3. The molecule has 1 saturated carbocycles. The van der Waals surface area contributed by atoms with E-state index >= 15 is 0 Å². The molecule has 1 saturated heterocycles. The van der Waals surface area contributed by atoms with Crippen molar-refractivity contribution in [3.63, 3.8) is 0 Å². The molecule has 1 aliphatic heterocycles. The van der Waals surface area contributed by atoms with E-state index in [2.05, 4.69) is 4.90 Å². The molecule has 0 atom stereocenters. The zero-order valence-corrected chi connectivity index (χ0v) is 10.6. The highest BCUT2D eigenvalue weighted by Gasteiger charge is 2.33. The fraction of sp³-hybridized carbons (Fsp3) is 1.00. The topological polar surface area (TPSA) is 32.5 Å². The number of piperazine rings is 1. The van der Waals surface area contributed by atoms with E-state index in [-0.39, 0.29) is 0 Å². The highest BCUT2D eigenvalue weighted by molar-refractivity contribution is 4.84. The maximum Gasteiger partial charge on any atom is 0.401 e. The van der Waals surface area contributed by atoms with Gasteiger partial charge in [-0.05, 0) is 25.7 Å². The summed E-state index contributed by atoms with van der Waals surface area (Å²) in [6, 6.07) is 0.866. The number of nitrogens with two attached hydrogens (primary N) is 1. The molecule has 0 aromatic carbocycles. The van der Waals surface area contributed by atoms with E-state index in [0.29, 0.717) is 25.2 Å². The predicted octanol–water partition coefficient (Wildman–Crippen LogP) is 1.44. The Labute approximate surface area is 106 Å². The highest BCUT2D eigenvalue weighted by atomic mass is 19.4. The molecule has 1 aliphatic carbocycles. The van der Waals surface area contributed by atoms with Crippen LogP contribution in [0.2, 0.25) is 0 Å². The molecule has 2 fully saturated rings. The van der Waals surface area contributed by atoms with Gasteiger partial charge in [-0.15, -0.1) is 0 Å². The first kappa shape index (κ1) is 14.1. The summed E-state index contributed by atoms with van der Waals surface area (Å²) < 4.78 is 36.8. The summed E-state index contributed by atoms with van der Waals surface area (Å²) in [5.74, 6) is 0. The van der Waals surface area contributed by atoms with Crippen molar-refractivity contribution in [2.24, 2.45) is 5.73 Å². The van der Waals surface area contributed by atoms with Crippen molar-refractivity contribution in [2.75, 3.05) is 32.7 Å². The molecule has 0 aromatic rings. The Hall–Kier alpha value is -0.330. The fourth-order valence-electron chi connectivity index (χ4n) is 3.01. The van der Waals surface area contributed by atoms with Gasteiger partial charge in [-0.1, -0.05) is 0 Å². The lowest BCUT2D eigenvalue weighted by atomic mass is 9.90. The van der Waals surface area contributed by atoms with Gasteiger partial charge in [0.15, 0.2) is 0 Å². The standard InChI is InChI=1S/C12H22F3N3/c13-12(14,15)9-17-5-7-18(8-6-17)11-3-1-10(16)2-4-11/h10-11H,1-9,16H2. The summed E-state index contributed by atoms with van der Waals surface area (Å²) in [5, 5.41) is 0. The first-order valence-corrected chi connectivity index (χ1v) is 6.73. The van der Waals surface area contributed by atoms with Gasteiger partial charge in [-0.3, -0.25) is 9.80 Å².